The van der Waals surface area contributed by atoms with Gasteiger partial charge in [0.25, 0.3) is 0 Å². The molecule has 1 atom stereocenters. The van der Waals surface area contributed by atoms with Gasteiger partial charge in [-0.15, -0.1) is 0 Å². The maximum atomic E-state index is 6.03. The van der Waals surface area contributed by atoms with E-state index in [1.54, 1.807) is 0 Å². The molecule has 0 aromatic heterocycles. The molecule has 2 fully saturated rings. The van der Waals surface area contributed by atoms with Gasteiger partial charge in [0.15, 0.2) is 0 Å². The second kappa shape index (κ2) is 3.88. The van der Waals surface area contributed by atoms with Crippen LogP contribution in [0.4, 0.5) is 0 Å². The van der Waals surface area contributed by atoms with Crippen molar-refractivity contribution >= 4 is 7.12 Å². The average Bonchev–Trinajstić information content (AvgIpc) is 3.08. The Labute approximate surface area is 110 Å². The molecule has 2 aliphatic heterocycles. The van der Waals surface area contributed by atoms with Crippen molar-refractivity contribution in [1.29, 1.82) is 0 Å². The van der Waals surface area contributed by atoms with E-state index in [0.717, 1.165) is 11.4 Å². The molecular formula is C14H22BNO2. The molecule has 0 radical (unpaired) electrons. The highest BCUT2D eigenvalue weighted by molar-refractivity contribution is 6.55. The van der Waals surface area contributed by atoms with Crippen LogP contribution in [-0.4, -0.2) is 24.4 Å². The van der Waals surface area contributed by atoms with Gasteiger partial charge in [-0.3, -0.25) is 0 Å². The molecule has 98 valence electrons. The molecule has 1 aliphatic carbocycles. The molecule has 18 heavy (non-hydrogen) atoms. The van der Waals surface area contributed by atoms with Gasteiger partial charge in [0.1, 0.15) is 0 Å². The molecule has 1 N–H and O–H groups in total. The van der Waals surface area contributed by atoms with Crippen molar-refractivity contribution in [3.63, 3.8) is 0 Å². The summed E-state index contributed by atoms with van der Waals surface area (Å²) in [6, 6.07) is 0.510. The minimum Gasteiger partial charge on any atom is -0.399 e. The molecule has 1 saturated carbocycles. The molecular weight excluding hydrogens is 225 g/mol. The SMILES string of the molecule is CC1(C)OB(C2=CNC(C3CC3)C=C2)OC1(C)C. The Morgan fingerprint density at radius 3 is 2.22 bits per heavy atom. The molecule has 4 heteroatoms. The van der Waals surface area contributed by atoms with Crippen molar-refractivity contribution in [2.24, 2.45) is 5.92 Å². The van der Waals surface area contributed by atoms with E-state index in [4.69, 9.17) is 9.31 Å². The predicted molar refractivity (Wildman–Crippen MR) is 73.0 cm³/mol. The summed E-state index contributed by atoms with van der Waals surface area (Å²) in [5.41, 5.74) is 0.560. The fourth-order valence-corrected chi connectivity index (χ4v) is 2.39. The molecule has 3 aliphatic rings. The molecule has 0 aromatic carbocycles. The molecule has 1 unspecified atom stereocenters. The zero-order valence-electron chi connectivity index (χ0n) is 11.7. The maximum absolute atomic E-state index is 6.03. The Morgan fingerprint density at radius 2 is 1.78 bits per heavy atom. The van der Waals surface area contributed by atoms with Crippen LogP contribution < -0.4 is 5.32 Å². The van der Waals surface area contributed by atoms with Crippen LogP contribution in [0.2, 0.25) is 0 Å². The zero-order chi connectivity index (χ0) is 13.0. The van der Waals surface area contributed by atoms with Crippen molar-refractivity contribution in [1.82, 2.24) is 5.32 Å². The lowest BCUT2D eigenvalue weighted by atomic mass is 9.77. The number of dihydropyridines is 1. The summed E-state index contributed by atoms with van der Waals surface area (Å²) in [4.78, 5) is 0. The van der Waals surface area contributed by atoms with Gasteiger partial charge < -0.3 is 14.6 Å². The van der Waals surface area contributed by atoms with Crippen LogP contribution in [0, 0.1) is 5.92 Å². The van der Waals surface area contributed by atoms with Crippen LogP contribution in [0.25, 0.3) is 0 Å². The summed E-state index contributed by atoms with van der Waals surface area (Å²) in [6.07, 6.45) is 9.16. The van der Waals surface area contributed by atoms with Crippen molar-refractivity contribution in [2.75, 3.05) is 0 Å². The van der Waals surface area contributed by atoms with Crippen molar-refractivity contribution in [3.05, 3.63) is 23.8 Å². The van der Waals surface area contributed by atoms with Crippen LogP contribution >= 0.6 is 0 Å². The van der Waals surface area contributed by atoms with E-state index in [1.165, 1.54) is 12.8 Å². The van der Waals surface area contributed by atoms with Crippen molar-refractivity contribution < 1.29 is 9.31 Å². The lowest BCUT2D eigenvalue weighted by Gasteiger charge is -2.32. The Morgan fingerprint density at radius 1 is 1.17 bits per heavy atom. The smallest absolute Gasteiger partial charge is 0.399 e. The number of nitrogens with one attached hydrogen (secondary N) is 1. The molecule has 3 rings (SSSR count). The summed E-state index contributed by atoms with van der Waals surface area (Å²) < 4.78 is 12.1. The largest absolute Gasteiger partial charge is 0.496 e. The van der Waals surface area contributed by atoms with E-state index in [0.29, 0.717) is 6.04 Å². The first kappa shape index (κ1) is 12.3. The fraction of sp³-hybridized carbons (Fsp3) is 0.714. The highest BCUT2D eigenvalue weighted by Crippen LogP contribution is 2.39. The Bertz CT molecular complexity index is 394. The zero-order valence-corrected chi connectivity index (χ0v) is 11.7. The van der Waals surface area contributed by atoms with Crippen molar-refractivity contribution in [2.45, 2.75) is 57.8 Å². The summed E-state index contributed by atoms with van der Waals surface area (Å²) in [6.45, 7) is 8.34. The second-order valence-electron chi connectivity index (χ2n) is 6.62. The number of rotatable bonds is 2. The summed E-state index contributed by atoms with van der Waals surface area (Å²) in [5.74, 6) is 0.831. The van der Waals surface area contributed by atoms with Gasteiger partial charge in [-0.25, -0.2) is 0 Å². The minimum absolute atomic E-state index is 0.251. The third-order valence-corrected chi connectivity index (χ3v) is 4.59. The quantitative estimate of drug-likeness (QED) is 0.760. The first-order chi connectivity index (χ1) is 8.39. The monoisotopic (exact) mass is 247 g/mol. The summed E-state index contributed by atoms with van der Waals surface area (Å²) >= 11 is 0. The Kier molecular flexibility index (Phi) is 2.65. The van der Waals surface area contributed by atoms with E-state index in [-0.39, 0.29) is 18.3 Å². The first-order valence-electron chi connectivity index (χ1n) is 6.89. The van der Waals surface area contributed by atoms with Crippen molar-refractivity contribution in [3.8, 4) is 0 Å². The van der Waals surface area contributed by atoms with E-state index < -0.39 is 0 Å². The number of hydrogen-bond donors (Lipinski definition) is 1. The maximum Gasteiger partial charge on any atom is 0.496 e. The number of hydrogen-bond acceptors (Lipinski definition) is 3. The highest BCUT2D eigenvalue weighted by atomic mass is 16.7. The molecule has 0 amide bonds. The van der Waals surface area contributed by atoms with E-state index in [1.807, 2.05) is 0 Å². The Hall–Kier alpha value is -0.735. The normalized spacial score (nSPS) is 33.2. The van der Waals surface area contributed by atoms with Gasteiger partial charge in [-0.1, -0.05) is 12.2 Å². The fourth-order valence-electron chi connectivity index (χ4n) is 2.39. The summed E-state index contributed by atoms with van der Waals surface area (Å²) in [7, 11) is -0.251. The van der Waals surface area contributed by atoms with Crippen LogP contribution in [0.1, 0.15) is 40.5 Å². The summed E-state index contributed by atoms with van der Waals surface area (Å²) in [5, 5.41) is 3.45. The highest BCUT2D eigenvalue weighted by Gasteiger charge is 2.52. The third-order valence-electron chi connectivity index (χ3n) is 4.59. The molecule has 0 aromatic rings. The number of allylic oxidation sites excluding steroid dienone is 2. The molecule has 2 heterocycles. The van der Waals surface area contributed by atoms with Gasteiger partial charge in [0, 0.05) is 6.04 Å². The van der Waals surface area contributed by atoms with Crippen LogP contribution in [0.15, 0.2) is 23.8 Å². The van der Waals surface area contributed by atoms with E-state index >= 15 is 0 Å². The molecule has 3 nitrogen and oxygen atoms in total. The standard InChI is InChI=1S/C14H22BNO2/c1-13(2)14(3,4)18-15(17-13)11-7-8-12(16-9-11)10-5-6-10/h7-10,12,16H,5-6H2,1-4H3. The van der Waals surface area contributed by atoms with Gasteiger partial charge in [0.05, 0.1) is 11.2 Å². The lowest BCUT2D eigenvalue weighted by molar-refractivity contribution is 0.00578. The molecule has 0 spiro atoms. The topological polar surface area (TPSA) is 30.5 Å². The predicted octanol–water partition coefficient (Wildman–Crippen LogP) is 2.44. The lowest BCUT2D eigenvalue weighted by Crippen LogP contribution is -2.41. The van der Waals surface area contributed by atoms with Gasteiger partial charge >= 0.3 is 7.12 Å². The van der Waals surface area contributed by atoms with Crippen LogP contribution in [0.5, 0.6) is 0 Å². The average molecular weight is 247 g/mol. The molecule has 0 bridgehead atoms. The van der Waals surface area contributed by atoms with Crippen LogP contribution in [-0.2, 0) is 9.31 Å². The molecule has 1 saturated heterocycles. The van der Waals surface area contributed by atoms with E-state index in [9.17, 15) is 0 Å². The third kappa shape index (κ3) is 2.01. The van der Waals surface area contributed by atoms with Gasteiger partial charge in [-0.2, -0.15) is 0 Å². The van der Waals surface area contributed by atoms with Gasteiger partial charge in [-0.05, 0) is 58.1 Å². The second-order valence-corrected chi connectivity index (χ2v) is 6.62. The van der Waals surface area contributed by atoms with E-state index in [2.05, 4.69) is 51.4 Å². The minimum atomic E-state index is -0.264. The first-order valence-corrected chi connectivity index (χ1v) is 6.89. The van der Waals surface area contributed by atoms with Crippen LogP contribution in [0.3, 0.4) is 0 Å². The Balaban J connectivity index is 1.69. The van der Waals surface area contributed by atoms with Gasteiger partial charge in [0.2, 0.25) is 0 Å².